The first kappa shape index (κ1) is 24.2. The van der Waals surface area contributed by atoms with Gasteiger partial charge in [-0.2, -0.15) is 0 Å². The average Bonchev–Trinajstić information content (AvgIpc) is 3.14. The SMILES string of the molecule is CCCCOc1cccc(CN=C(NCC)NCCn2cnnc2CC)c1.I. The Morgan fingerprint density at radius 1 is 1.21 bits per heavy atom. The summed E-state index contributed by atoms with van der Waals surface area (Å²) in [7, 11) is 0. The quantitative estimate of drug-likeness (QED) is 0.214. The molecule has 0 fully saturated rings. The van der Waals surface area contributed by atoms with Crippen molar-refractivity contribution in [2.75, 3.05) is 19.7 Å². The zero-order valence-electron chi connectivity index (χ0n) is 17.1. The van der Waals surface area contributed by atoms with Crippen molar-refractivity contribution in [3.05, 3.63) is 42.0 Å². The fourth-order valence-electron chi connectivity index (χ4n) is 2.61. The molecule has 7 nitrogen and oxygen atoms in total. The van der Waals surface area contributed by atoms with Crippen molar-refractivity contribution in [2.45, 2.75) is 53.1 Å². The molecular weight excluding hydrogens is 467 g/mol. The summed E-state index contributed by atoms with van der Waals surface area (Å²) in [6, 6.07) is 8.15. The van der Waals surface area contributed by atoms with Crippen LogP contribution >= 0.6 is 24.0 Å². The minimum Gasteiger partial charge on any atom is -0.494 e. The number of hydrogen-bond acceptors (Lipinski definition) is 4. The molecule has 0 aliphatic carbocycles. The van der Waals surface area contributed by atoms with Crippen molar-refractivity contribution in [2.24, 2.45) is 4.99 Å². The first-order valence-electron chi connectivity index (χ1n) is 9.87. The maximum absolute atomic E-state index is 5.78. The number of benzene rings is 1. The van der Waals surface area contributed by atoms with Crippen LogP contribution in [0.5, 0.6) is 5.75 Å². The predicted octanol–water partition coefficient (Wildman–Crippen LogP) is 3.39. The van der Waals surface area contributed by atoms with Crippen molar-refractivity contribution in [1.82, 2.24) is 25.4 Å². The lowest BCUT2D eigenvalue weighted by Gasteiger charge is -2.12. The first-order chi connectivity index (χ1) is 13.3. The lowest BCUT2D eigenvalue weighted by Crippen LogP contribution is -2.38. The Morgan fingerprint density at radius 3 is 2.82 bits per heavy atom. The van der Waals surface area contributed by atoms with E-state index in [0.717, 1.165) is 68.6 Å². The van der Waals surface area contributed by atoms with Crippen molar-refractivity contribution in [3.8, 4) is 5.75 Å². The molecule has 2 N–H and O–H groups in total. The number of aromatic nitrogens is 3. The molecular formula is C20H33IN6O. The molecule has 0 amide bonds. The van der Waals surface area contributed by atoms with Crippen LogP contribution in [0, 0.1) is 0 Å². The zero-order chi connectivity index (χ0) is 19.3. The van der Waals surface area contributed by atoms with Gasteiger partial charge in [0.2, 0.25) is 0 Å². The molecule has 1 aromatic carbocycles. The highest BCUT2D eigenvalue weighted by molar-refractivity contribution is 14.0. The van der Waals surface area contributed by atoms with Crippen LogP contribution in [0.2, 0.25) is 0 Å². The van der Waals surface area contributed by atoms with Crippen LogP contribution in [0.3, 0.4) is 0 Å². The summed E-state index contributed by atoms with van der Waals surface area (Å²) in [4.78, 5) is 4.68. The van der Waals surface area contributed by atoms with Gasteiger partial charge in [-0.3, -0.25) is 0 Å². The van der Waals surface area contributed by atoms with Gasteiger partial charge in [0.1, 0.15) is 17.9 Å². The minimum atomic E-state index is 0. The molecule has 156 valence electrons. The molecule has 0 unspecified atom stereocenters. The second kappa shape index (κ2) is 14.2. The number of aryl methyl sites for hydroxylation is 1. The van der Waals surface area contributed by atoms with E-state index in [-0.39, 0.29) is 24.0 Å². The minimum absolute atomic E-state index is 0. The number of ether oxygens (including phenoxy) is 1. The summed E-state index contributed by atoms with van der Waals surface area (Å²) < 4.78 is 7.84. The Kier molecular flexibility index (Phi) is 12.3. The first-order valence-corrected chi connectivity index (χ1v) is 9.87. The molecule has 1 heterocycles. The zero-order valence-corrected chi connectivity index (χ0v) is 19.5. The molecule has 0 radical (unpaired) electrons. The number of nitrogens with zero attached hydrogens (tertiary/aromatic N) is 4. The van der Waals surface area contributed by atoms with E-state index < -0.39 is 0 Å². The number of rotatable bonds is 11. The van der Waals surface area contributed by atoms with E-state index >= 15 is 0 Å². The van der Waals surface area contributed by atoms with E-state index in [1.165, 1.54) is 0 Å². The van der Waals surface area contributed by atoms with Crippen LogP contribution in [-0.2, 0) is 19.5 Å². The van der Waals surface area contributed by atoms with Crippen LogP contribution in [-0.4, -0.2) is 40.4 Å². The molecule has 28 heavy (non-hydrogen) atoms. The molecule has 1 aromatic heterocycles. The summed E-state index contributed by atoms with van der Waals surface area (Å²) >= 11 is 0. The van der Waals surface area contributed by atoms with Gasteiger partial charge in [-0.25, -0.2) is 4.99 Å². The lowest BCUT2D eigenvalue weighted by molar-refractivity contribution is 0.309. The van der Waals surface area contributed by atoms with E-state index in [1.54, 1.807) is 6.33 Å². The Balaban J connectivity index is 0.00000392. The molecule has 0 saturated heterocycles. The van der Waals surface area contributed by atoms with Gasteiger partial charge in [0.15, 0.2) is 5.96 Å². The molecule has 8 heteroatoms. The van der Waals surface area contributed by atoms with E-state index in [1.807, 2.05) is 12.1 Å². The van der Waals surface area contributed by atoms with Gasteiger partial charge in [-0.05, 0) is 31.0 Å². The Morgan fingerprint density at radius 2 is 2.07 bits per heavy atom. The third-order valence-corrected chi connectivity index (χ3v) is 4.09. The molecule has 0 spiro atoms. The number of aliphatic imine (C=N–C) groups is 1. The number of halogens is 1. The Labute approximate surface area is 185 Å². The van der Waals surface area contributed by atoms with Gasteiger partial charge in [0, 0.05) is 26.1 Å². The summed E-state index contributed by atoms with van der Waals surface area (Å²) in [5, 5.41) is 14.7. The van der Waals surface area contributed by atoms with Crippen LogP contribution in [0.25, 0.3) is 0 Å². The Hall–Kier alpha value is -1.84. The summed E-state index contributed by atoms with van der Waals surface area (Å²) in [6.45, 7) is 10.1. The van der Waals surface area contributed by atoms with Gasteiger partial charge in [-0.1, -0.05) is 32.4 Å². The van der Waals surface area contributed by atoms with Crippen LogP contribution < -0.4 is 15.4 Å². The highest BCUT2D eigenvalue weighted by Gasteiger charge is 2.03. The van der Waals surface area contributed by atoms with Crippen LogP contribution in [0.4, 0.5) is 0 Å². The predicted molar refractivity (Wildman–Crippen MR) is 124 cm³/mol. The normalized spacial score (nSPS) is 11.0. The molecule has 0 bridgehead atoms. The summed E-state index contributed by atoms with van der Waals surface area (Å²) in [6.07, 6.45) is 4.86. The number of hydrogen-bond donors (Lipinski definition) is 2. The van der Waals surface area contributed by atoms with E-state index in [0.29, 0.717) is 6.54 Å². The molecule has 0 atom stereocenters. The number of unbranched alkanes of at least 4 members (excludes halogenated alkanes) is 1. The molecule has 2 rings (SSSR count). The fraction of sp³-hybridized carbons (Fsp3) is 0.550. The maximum atomic E-state index is 5.78. The van der Waals surface area contributed by atoms with Crippen molar-refractivity contribution < 1.29 is 4.74 Å². The van der Waals surface area contributed by atoms with E-state index in [9.17, 15) is 0 Å². The van der Waals surface area contributed by atoms with Crippen molar-refractivity contribution >= 4 is 29.9 Å². The van der Waals surface area contributed by atoms with E-state index in [2.05, 4.69) is 63.3 Å². The summed E-state index contributed by atoms with van der Waals surface area (Å²) in [5.41, 5.74) is 1.13. The van der Waals surface area contributed by atoms with Gasteiger partial charge >= 0.3 is 0 Å². The maximum Gasteiger partial charge on any atom is 0.191 e. The molecule has 0 saturated carbocycles. The molecule has 2 aromatic rings. The highest BCUT2D eigenvalue weighted by Crippen LogP contribution is 2.14. The second-order valence-corrected chi connectivity index (χ2v) is 6.27. The highest BCUT2D eigenvalue weighted by atomic mass is 127. The lowest BCUT2D eigenvalue weighted by atomic mass is 10.2. The fourth-order valence-corrected chi connectivity index (χ4v) is 2.61. The van der Waals surface area contributed by atoms with Crippen LogP contribution in [0.15, 0.2) is 35.6 Å². The van der Waals surface area contributed by atoms with Crippen LogP contribution in [0.1, 0.15) is 45.0 Å². The largest absolute Gasteiger partial charge is 0.494 e. The average molecular weight is 500 g/mol. The van der Waals surface area contributed by atoms with Gasteiger partial charge < -0.3 is 19.9 Å². The van der Waals surface area contributed by atoms with Gasteiger partial charge in [-0.15, -0.1) is 34.2 Å². The third-order valence-electron chi connectivity index (χ3n) is 4.09. The number of guanidine groups is 1. The van der Waals surface area contributed by atoms with Gasteiger partial charge in [0.05, 0.1) is 13.2 Å². The smallest absolute Gasteiger partial charge is 0.191 e. The second-order valence-electron chi connectivity index (χ2n) is 6.27. The van der Waals surface area contributed by atoms with E-state index in [4.69, 9.17) is 4.74 Å². The molecule has 0 aliphatic heterocycles. The van der Waals surface area contributed by atoms with Gasteiger partial charge in [0.25, 0.3) is 0 Å². The third kappa shape index (κ3) is 8.45. The monoisotopic (exact) mass is 500 g/mol. The topological polar surface area (TPSA) is 76.4 Å². The number of nitrogens with one attached hydrogen (secondary N) is 2. The standard InChI is InChI=1S/C20H32N6O.HI/c1-4-7-13-27-18-10-8-9-17(14-18)15-23-20(21-6-3)22-11-12-26-16-24-25-19(26)5-2;/h8-10,14,16H,4-7,11-13,15H2,1-3H3,(H2,21,22,23);1H. The Bertz CT molecular complexity index is 704. The molecule has 0 aliphatic rings. The summed E-state index contributed by atoms with van der Waals surface area (Å²) in [5.74, 6) is 2.72. The van der Waals surface area contributed by atoms with Crippen molar-refractivity contribution in [1.29, 1.82) is 0 Å². The van der Waals surface area contributed by atoms with Crippen molar-refractivity contribution in [3.63, 3.8) is 0 Å².